The second kappa shape index (κ2) is 16.6. The lowest BCUT2D eigenvalue weighted by Crippen LogP contribution is -2.33. The molecule has 2 aliphatic heterocycles. The number of nitrogens with zero attached hydrogens (tertiary/aromatic N) is 3. The van der Waals surface area contributed by atoms with E-state index in [4.69, 9.17) is 5.26 Å². The number of benzene rings is 2. The van der Waals surface area contributed by atoms with Gasteiger partial charge < -0.3 is 28.8 Å². The van der Waals surface area contributed by atoms with Gasteiger partial charge in [-0.05, 0) is 110 Å². The van der Waals surface area contributed by atoms with Crippen molar-refractivity contribution in [2.75, 3.05) is 23.0 Å². The highest BCUT2D eigenvalue weighted by molar-refractivity contribution is 7.94. The van der Waals surface area contributed by atoms with Crippen molar-refractivity contribution in [1.82, 2.24) is 4.98 Å². The first-order valence-electron chi connectivity index (χ1n) is 18.6. The lowest BCUT2D eigenvalue weighted by atomic mass is 9.81. The first-order chi connectivity index (χ1) is 28.6. The van der Waals surface area contributed by atoms with Gasteiger partial charge in [0.15, 0.2) is 12.3 Å². The second-order valence-corrected chi connectivity index (χ2v) is 20.5. The minimum atomic E-state index is -4.88. The van der Waals surface area contributed by atoms with Crippen LogP contribution in [0.25, 0.3) is 5.57 Å². The van der Waals surface area contributed by atoms with E-state index in [1.54, 1.807) is 52.2 Å². The summed E-state index contributed by atoms with van der Waals surface area (Å²) in [5, 5.41) is 36.2. The van der Waals surface area contributed by atoms with E-state index in [1.807, 2.05) is 38.2 Å². The molecule has 0 amide bonds. The molecular formula is C40H38N3O14S4-3. The Balaban J connectivity index is 1.33. The molecule has 0 spiro atoms. The molecule has 21 heteroatoms. The molecule has 2 aliphatic carbocycles. The summed E-state index contributed by atoms with van der Waals surface area (Å²) in [6.07, 6.45) is 12.3. The quantitative estimate of drug-likeness (QED) is 0.0419. The molecule has 0 saturated heterocycles. The Hall–Kier alpha value is -4.52. The lowest BCUT2D eigenvalue weighted by Gasteiger charge is -2.26. The number of allylic oxidation sites excluding steroid dienone is 8. The first-order valence-corrected chi connectivity index (χ1v) is 23.9. The van der Waals surface area contributed by atoms with E-state index in [-0.39, 0.29) is 6.54 Å². The number of rotatable bonds is 15. The van der Waals surface area contributed by atoms with Crippen molar-refractivity contribution in [3.63, 3.8) is 0 Å². The molecule has 1 saturated carbocycles. The van der Waals surface area contributed by atoms with Gasteiger partial charge in [-0.15, -0.1) is 10.1 Å². The third-order valence-electron chi connectivity index (χ3n) is 11.4. The Bertz CT molecular complexity index is 2820. The van der Waals surface area contributed by atoms with Crippen LogP contribution in [0.3, 0.4) is 0 Å². The van der Waals surface area contributed by atoms with Crippen molar-refractivity contribution in [1.29, 1.82) is 0 Å². The molecule has 1 aromatic heterocycles. The van der Waals surface area contributed by atoms with Gasteiger partial charge in [-0.3, -0.25) is 4.98 Å². The van der Waals surface area contributed by atoms with Crippen LogP contribution in [0.1, 0.15) is 56.2 Å². The number of fused-ring (bicyclic) bond motifs is 6. The number of hydrogen-bond acceptors (Lipinski definition) is 17. The topological polar surface area (TPSA) is 273 Å². The molecule has 0 bridgehead atoms. The van der Waals surface area contributed by atoms with Gasteiger partial charge in [0.1, 0.15) is 16.2 Å². The Morgan fingerprint density at radius 3 is 2.36 bits per heavy atom. The Morgan fingerprint density at radius 1 is 0.967 bits per heavy atom. The van der Waals surface area contributed by atoms with Gasteiger partial charge in [-0.25, -0.2) is 30.5 Å². The minimum Gasteiger partial charge on any atom is -0.874 e. The number of aliphatic hydroxyl groups excluding tert-OH is 1. The summed E-state index contributed by atoms with van der Waals surface area (Å²) in [6.45, 7) is 3.54. The fourth-order valence-electron chi connectivity index (χ4n) is 8.91. The Morgan fingerprint density at radius 2 is 1.69 bits per heavy atom. The molecule has 3 unspecified atom stereocenters. The van der Waals surface area contributed by atoms with Crippen LogP contribution >= 0.6 is 12.0 Å². The van der Waals surface area contributed by atoms with Crippen molar-refractivity contribution in [2.24, 2.45) is 0 Å². The molecule has 0 radical (unpaired) electrons. The largest absolute Gasteiger partial charge is 0.874 e. The second-order valence-electron chi connectivity index (χ2n) is 15.5. The number of β-amino-alcohol motifs (C(OH)–C–C–N with tert-alkyl or cyclic N) is 1. The highest BCUT2D eigenvalue weighted by Crippen LogP contribution is 2.57. The van der Waals surface area contributed by atoms with E-state index in [0.29, 0.717) is 64.5 Å². The van der Waals surface area contributed by atoms with E-state index >= 15 is 0 Å². The van der Waals surface area contributed by atoms with Crippen molar-refractivity contribution >= 4 is 65.1 Å². The maximum absolute atomic E-state index is 13.0. The SMILES string of the molecule is CC12CCC(/C=C/C(=C/C=C3\CCC4(C)C3=[N+](CC(O)CS(=O)(=O)[O-])c3ccc(S(=O)(=O)[O-])cc34)c3ccncc3)=C1N(/C=C(/[O-])CS(=O)(=O)[O-])c1ccc(SOOO)cc12. The summed E-state index contributed by atoms with van der Waals surface area (Å²) >= 11 is 0.752. The zero-order chi connectivity index (χ0) is 44.1. The fourth-order valence-corrected chi connectivity index (χ4v) is 10.8. The molecule has 3 heterocycles. The van der Waals surface area contributed by atoms with Crippen molar-refractivity contribution in [3.05, 3.63) is 131 Å². The van der Waals surface area contributed by atoms with Crippen molar-refractivity contribution in [3.8, 4) is 0 Å². The van der Waals surface area contributed by atoms with Crippen LogP contribution in [0.4, 0.5) is 11.4 Å². The van der Waals surface area contributed by atoms with Crippen molar-refractivity contribution < 1.29 is 68.3 Å². The van der Waals surface area contributed by atoms with Gasteiger partial charge in [-0.2, -0.15) is 4.58 Å². The first kappa shape index (κ1) is 44.5. The summed E-state index contributed by atoms with van der Waals surface area (Å²) in [7, 11) is -14.5. The molecule has 2 aromatic carbocycles. The number of pyridine rings is 1. The van der Waals surface area contributed by atoms with E-state index < -0.39 is 69.4 Å². The van der Waals surface area contributed by atoms with Gasteiger partial charge >= 0.3 is 0 Å². The van der Waals surface area contributed by atoms with Crippen LogP contribution in [0.5, 0.6) is 0 Å². The zero-order valence-electron chi connectivity index (χ0n) is 32.5. The maximum atomic E-state index is 13.0. The lowest BCUT2D eigenvalue weighted by molar-refractivity contribution is -0.448. The highest BCUT2D eigenvalue weighted by Gasteiger charge is 2.54. The minimum absolute atomic E-state index is 0.307. The normalized spacial score (nSPS) is 23.0. The van der Waals surface area contributed by atoms with E-state index in [0.717, 1.165) is 46.6 Å². The van der Waals surface area contributed by atoms with Crippen LogP contribution in [0, 0.1) is 0 Å². The summed E-state index contributed by atoms with van der Waals surface area (Å²) in [5.41, 5.74) is 5.13. The maximum Gasteiger partial charge on any atom is 0.209 e. The monoisotopic (exact) mass is 912 g/mol. The predicted octanol–water partition coefficient (Wildman–Crippen LogP) is 3.61. The molecular weight excluding hydrogens is 875 g/mol. The van der Waals surface area contributed by atoms with Crippen LogP contribution < -0.4 is 10.0 Å². The van der Waals surface area contributed by atoms with E-state index in [9.17, 15) is 49.1 Å². The van der Waals surface area contributed by atoms with Gasteiger partial charge in [0, 0.05) is 51.3 Å². The summed E-state index contributed by atoms with van der Waals surface area (Å²) in [5.74, 6) is -3.20. The third kappa shape index (κ3) is 9.18. The van der Waals surface area contributed by atoms with E-state index in [1.165, 1.54) is 12.1 Å². The molecule has 2 N–H and O–H groups in total. The van der Waals surface area contributed by atoms with Crippen LogP contribution in [0.2, 0.25) is 0 Å². The molecule has 7 rings (SSSR count). The number of anilines is 1. The van der Waals surface area contributed by atoms with E-state index in [2.05, 4.69) is 14.4 Å². The van der Waals surface area contributed by atoms with Gasteiger partial charge in [-0.1, -0.05) is 29.3 Å². The van der Waals surface area contributed by atoms with Gasteiger partial charge in [0.2, 0.25) is 5.69 Å². The van der Waals surface area contributed by atoms with Crippen LogP contribution in [0.15, 0.2) is 124 Å². The molecule has 3 atom stereocenters. The zero-order valence-corrected chi connectivity index (χ0v) is 35.7. The Kier molecular flexibility index (Phi) is 12.1. The van der Waals surface area contributed by atoms with Crippen molar-refractivity contribution in [2.45, 2.75) is 66.3 Å². The average molecular weight is 913 g/mol. The molecule has 61 heavy (non-hydrogen) atoms. The molecule has 4 aliphatic rings. The number of aliphatic hydroxyl groups is 1. The average Bonchev–Trinajstić information content (AvgIpc) is 3.83. The summed E-state index contributed by atoms with van der Waals surface area (Å²) in [6, 6.07) is 12.6. The molecule has 1 fully saturated rings. The smallest absolute Gasteiger partial charge is 0.209 e. The summed E-state index contributed by atoms with van der Waals surface area (Å²) < 4.78 is 112. The number of aromatic nitrogens is 1. The predicted molar refractivity (Wildman–Crippen MR) is 217 cm³/mol. The van der Waals surface area contributed by atoms with Crippen LogP contribution in [-0.4, -0.2) is 88.7 Å². The Labute approximate surface area is 356 Å². The third-order valence-corrected chi connectivity index (χ3v) is 14.2. The van der Waals surface area contributed by atoms with Gasteiger partial charge in [0.05, 0.1) is 54.1 Å². The van der Waals surface area contributed by atoms with Crippen LogP contribution in [-0.2, 0) is 50.6 Å². The molecule has 3 aromatic rings. The fraction of sp³-hybridized carbons (Fsp3) is 0.300. The molecule has 17 nitrogen and oxygen atoms in total. The standard InChI is InChI=1S/C40H41N3O14S4/c1-39-15-11-27(37(39)42(21-29(44)23-59(47,48)49)35-9-7-31(19-33(35)39)58-57-56-46)5-3-25(26-13-17-41-18-14-26)4-6-28-12-16-40(2)34-20-32(61(53,54)55)8-10-36(34)43(38(28)40)22-30(45)24-60(50,51)52/h3-10,13-14,17-21,30,45H,11-12,15-16,22-24H2,1-2H3,(H4-,41,44,46,47,48,49,50,51,52,53,54,55)/p-3. The number of hydrogen-bond donors (Lipinski definition) is 2. The highest BCUT2D eigenvalue weighted by atomic mass is 32.2. The molecule has 324 valence electrons. The summed E-state index contributed by atoms with van der Waals surface area (Å²) in [4.78, 5) is 5.87. The van der Waals surface area contributed by atoms with Gasteiger partial charge in [0.25, 0.3) is 0 Å².